The molecular weight excluding hydrogens is 218 g/mol. The third-order valence-corrected chi connectivity index (χ3v) is 2.20. The molecule has 0 aromatic heterocycles. The number of ether oxygens (including phenoxy) is 2. The van der Waals surface area contributed by atoms with Crippen molar-refractivity contribution in [2.45, 2.75) is 19.9 Å². The van der Waals surface area contributed by atoms with Crippen LogP contribution >= 0.6 is 0 Å². The molecule has 0 amide bonds. The summed E-state index contributed by atoms with van der Waals surface area (Å²) in [4.78, 5) is 0. The second-order valence-electron chi connectivity index (χ2n) is 3.80. The van der Waals surface area contributed by atoms with Crippen molar-refractivity contribution in [1.29, 1.82) is 0 Å². The number of anilines is 1. The van der Waals surface area contributed by atoms with Gasteiger partial charge in [0.1, 0.15) is 12.4 Å². The van der Waals surface area contributed by atoms with Crippen LogP contribution in [0.2, 0.25) is 0 Å². The van der Waals surface area contributed by atoms with Crippen molar-refractivity contribution in [3.63, 3.8) is 0 Å². The molecule has 0 bridgehead atoms. The number of rotatable bonds is 8. The van der Waals surface area contributed by atoms with Crippen LogP contribution in [-0.2, 0) is 4.74 Å². The maximum atomic E-state index is 8.63. The Balaban J connectivity index is 2.39. The van der Waals surface area contributed by atoms with Crippen molar-refractivity contribution in [3.8, 4) is 5.75 Å². The minimum Gasteiger partial charge on any atom is -0.491 e. The lowest BCUT2D eigenvalue weighted by Crippen LogP contribution is -2.21. The van der Waals surface area contributed by atoms with Crippen molar-refractivity contribution >= 4 is 5.69 Å². The van der Waals surface area contributed by atoms with Crippen LogP contribution in [0, 0.1) is 0 Å². The Morgan fingerprint density at radius 1 is 1.29 bits per heavy atom. The smallest absolute Gasteiger partial charge is 0.119 e. The van der Waals surface area contributed by atoms with Crippen LogP contribution in [-0.4, -0.2) is 37.6 Å². The number of hydrogen-bond donors (Lipinski definition) is 2. The first-order chi connectivity index (χ1) is 8.26. The molecule has 0 aliphatic carbocycles. The highest BCUT2D eigenvalue weighted by molar-refractivity contribution is 5.46. The van der Waals surface area contributed by atoms with Gasteiger partial charge in [-0.1, -0.05) is 0 Å². The largest absolute Gasteiger partial charge is 0.491 e. The van der Waals surface area contributed by atoms with E-state index in [0.717, 1.165) is 18.0 Å². The molecule has 0 spiro atoms. The molecule has 17 heavy (non-hydrogen) atoms. The summed E-state index contributed by atoms with van der Waals surface area (Å²) >= 11 is 0. The molecular formula is C13H21NO3. The van der Waals surface area contributed by atoms with Crippen molar-refractivity contribution < 1.29 is 14.6 Å². The predicted molar refractivity (Wildman–Crippen MR) is 68.6 cm³/mol. The molecule has 96 valence electrons. The quantitative estimate of drug-likeness (QED) is 0.727. The van der Waals surface area contributed by atoms with Gasteiger partial charge in [0, 0.05) is 18.3 Å². The maximum Gasteiger partial charge on any atom is 0.119 e. The molecule has 1 aromatic carbocycles. The molecule has 1 atom stereocenters. The van der Waals surface area contributed by atoms with E-state index in [2.05, 4.69) is 12.2 Å². The van der Waals surface area contributed by atoms with Gasteiger partial charge < -0.3 is 19.9 Å². The summed E-state index contributed by atoms with van der Waals surface area (Å²) in [5.41, 5.74) is 1.04. The molecule has 2 N–H and O–H groups in total. The van der Waals surface area contributed by atoms with Crippen LogP contribution in [0.5, 0.6) is 5.75 Å². The second-order valence-corrected chi connectivity index (χ2v) is 3.80. The summed E-state index contributed by atoms with van der Waals surface area (Å²) in [5.74, 6) is 0.766. The molecule has 4 nitrogen and oxygen atoms in total. The molecule has 0 saturated carbocycles. The summed E-state index contributed by atoms with van der Waals surface area (Å²) in [6, 6.07) is 7.94. The van der Waals surface area contributed by atoms with Crippen LogP contribution in [0.4, 0.5) is 5.69 Å². The third kappa shape index (κ3) is 5.56. The molecule has 1 aromatic rings. The zero-order valence-electron chi connectivity index (χ0n) is 10.5. The van der Waals surface area contributed by atoms with Crippen molar-refractivity contribution in [2.24, 2.45) is 0 Å². The Hall–Kier alpha value is -1.26. The van der Waals surface area contributed by atoms with E-state index in [4.69, 9.17) is 14.6 Å². The monoisotopic (exact) mass is 239 g/mol. The first kappa shape index (κ1) is 13.8. The van der Waals surface area contributed by atoms with Crippen molar-refractivity contribution in [1.82, 2.24) is 0 Å². The summed E-state index contributed by atoms with van der Waals surface area (Å²) in [5, 5.41) is 12.0. The van der Waals surface area contributed by atoms with Gasteiger partial charge in [-0.15, -0.1) is 0 Å². The molecule has 0 aliphatic rings. The molecule has 0 radical (unpaired) electrons. The van der Waals surface area contributed by atoms with Gasteiger partial charge in [0.05, 0.1) is 13.2 Å². The van der Waals surface area contributed by atoms with E-state index < -0.39 is 0 Å². The van der Waals surface area contributed by atoms with Gasteiger partial charge in [0.2, 0.25) is 0 Å². The molecule has 4 heteroatoms. The molecule has 0 fully saturated rings. The van der Waals surface area contributed by atoms with Crippen LogP contribution in [0.1, 0.15) is 13.8 Å². The Bertz CT molecular complexity index is 300. The maximum absolute atomic E-state index is 8.63. The minimum absolute atomic E-state index is 0.0331. The predicted octanol–water partition coefficient (Wildman–Crippen LogP) is 1.89. The normalized spacial score (nSPS) is 12.2. The average molecular weight is 239 g/mol. The summed E-state index contributed by atoms with van der Waals surface area (Å²) in [6.45, 7) is 5.85. The lowest BCUT2D eigenvalue weighted by atomic mass is 10.2. The van der Waals surface area contributed by atoms with Crippen LogP contribution in [0.15, 0.2) is 24.3 Å². The standard InChI is InChI=1S/C13H21NO3/c1-3-16-10-11(2)14-12-4-6-13(7-5-12)17-9-8-15/h4-7,11,14-15H,3,8-10H2,1-2H3. The third-order valence-electron chi connectivity index (χ3n) is 2.20. The molecule has 0 heterocycles. The Morgan fingerprint density at radius 2 is 2.00 bits per heavy atom. The highest BCUT2D eigenvalue weighted by Crippen LogP contribution is 2.16. The zero-order valence-corrected chi connectivity index (χ0v) is 10.5. The Morgan fingerprint density at radius 3 is 2.59 bits per heavy atom. The van der Waals surface area contributed by atoms with Gasteiger partial charge in [-0.25, -0.2) is 0 Å². The van der Waals surface area contributed by atoms with E-state index >= 15 is 0 Å². The fraction of sp³-hybridized carbons (Fsp3) is 0.538. The first-order valence-electron chi connectivity index (χ1n) is 5.94. The number of aliphatic hydroxyl groups is 1. The van der Waals surface area contributed by atoms with Gasteiger partial charge in [0.15, 0.2) is 0 Å². The highest BCUT2D eigenvalue weighted by atomic mass is 16.5. The van der Waals surface area contributed by atoms with Gasteiger partial charge in [-0.2, -0.15) is 0 Å². The number of hydrogen-bond acceptors (Lipinski definition) is 4. The lowest BCUT2D eigenvalue weighted by molar-refractivity contribution is 0.141. The van der Waals surface area contributed by atoms with Crippen LogP contribution < -0.4 is 10.1 Å². The number of benzene rings is 1. The molecule has 0 saturated heterocycles. The Labute approximate surface area is 103 Å². The SMILES string of the molecule is CCOCC(C)Nc1ccc(OCCO)cc1. The van der Waals surface area contributed by atoms with E-state index in [1.807, 2.05) is 31.2 Å². The highest BCUT2D eigenvalue weighted by Gasteiger charge is 2.01. The fourth-order valence-electron chi connectivity index (χ4n) is 1.43. The lowest BCUT2D eigenvalue weighted by Gasteiger charge is -2.15. The summed E-state index contributed by atoms with van der Waals surface area (Å²) in [6.07, 6.45) is 0. The van der Waals surface area contributed by atoms with E-state index in [1.165, 1.54) is 0 Å². The van der Waals surface area contributed by atoms with Crippen molar-refractivity contribution in [2.75, 3.05) is 31.7 Å². The topological polar surface area (TPSA) is 50.7 Å². The van der Waals surface area contributed by atoms with Crippen LogP contribution in [0.25, 0.3) is 0 Å². The van der Waals surface area contributed by atoms with E-state index in [1.54, 1.807) is 0 Å². The average Bonchev–Trinajstić information content (AvgIpc) is 2.35. The van der Waals surface area contributed by atoms with E-state index in [9.17, 15) is 0 Å². The minimum atomic E-state index is 0.0331. The van der Waals surface area contributed by atoms with Crippen molar-refractivity contribution in [3.05, 3.63) is 24.3 Å². The second kappa shape index (κ2) is 7.92. The van der Waals surface area contributed by atoms with E-state index in [0.29, 0.717) is 13.2 Å². The fourth-order valence-corrected chi connectivity index (χ4v) is 1.43. The summed E-state index contributed by atoms with van der Waals surface area (Å²) in [7, 11) is 0. The molecule has 0 aliphatic heterocycles. The Kier molecular flexibility index (Phi) is 6.43. The zero-order chi connectivity index (χ0) is 12.5. The summed E-state index contributed by atoms with van der Waals surface area (Å²) < 4.78 is 10.6. The molecule has 1 rings (SSSR count). The van der Waals surface area contributed by atoms with Gasteiger partial charge in [0.25, 0.3) is 0 Å². The molecule has 1 unspecified atom stereocenters. The first-order valence-corrected chi connectivity index (χ1v) is 5.94. The van der Waals surface area contributed by atoms with Gasteiger partial charge in [-0.3, -0.25) is 0 Å². The van der Waals surface area contributed by atoms with Gasteiger partial charge >= 0.3 is 0 Å². The number of nitrogens with one attached hydrogen (secondary N) is 1. The van der Waals surface area contributed by atoms with E-state index in [-0.39, 0.29) is 12.6 Å². The number of aliphatic hydroxyl groups excluding tert-OH is 1. The van der Waals surface area contributed by atoms with Crippen LogP contribution in [0.3, 0.4) is 0 Å². The van der Waals surface area contributed by atoms with Gasteiger partial charge in [-0.05, 0) is 38.1 Å².